The molecule has 0 amide bonds. The van der Waals surface area contributed by atoms with Gasteiger partial charge in [0.15, 0.2) is 5.76 Å². The molecule has 0 atom stereocenters. The lowest BCUT2D eigenvalue weighted by atomic mass is 10.0. The first kappa shape index (κ1) is 19.5. The minimum atomic E-state index is -0.458. The number of non-ortho nitro benzene ring substituents is 1. The van der Waals surface area contributed by atoms with E-state index in [4.69, 9.17) is 9.47 Å². The Balaban J connectivity index is 1.37. The molecule has 7 nitrogen and oxygen atoms in total. The number of nitrogens with zero attached hydrogens (tertiary/aromatic N) is 2. The summed E-state index contributed by atoms with van der Waals surface area (Å²) in [6.45, 7) is 1.99. The average Bonchev–Trinajstić information content (AvgIpc) is 3.41. The minimum Gasteiger partial charge on any atom is -0.478 e. The number of hydrogen-bond donors (Lipinski definition) is 0. The average molecular weight is 434 g/mol. The molecule has 3 heterocycles. The van der Waals surface area contributed by atoms with Gasteiger partial charge in [0.1, 0.15) is 18.2 Å². The topological polar surface area (TPSA) is 81.9 Å². The van der Waals surface area contributed by atoms with Gasteiger partial charge < -0.3 is 9.47 Å². The quantitative estimate of drug-likeness (QED) is 0.330. The number of rotatable bonds is 5. The van der Waals surface area contributed by atoms with Crippen LogP contribution in [0.1, 0.15) is 26.4 Å². The number of hydrogen-bond acceptors (Lipinski definition) is 7. The third-order valence-electron chi connectivity index (χ3n) is 5.34. The van der Waals surface area contributed by atoms with E-state index in [0.29, 0.717) is 30.2 Å². The zero-order valence-corrected chi connectivity index (χ0v) is 17.3. The number of fused-ring (bicyclic) bond motifs is 3. The molecule has 2 aliphatic rings. The fraction of sp³-hybridized carbons (Fsp3) is 0.174. The van der Waals surface area contributed by atoms with Crippen molar-refractivity contribution in [2.45, 2.75) is 13.0 Å². The first-order valence-electron chi connectivity index (χ1n) is 9.80. The Morgan fingerprint density at radius 2 is 2.00 bits per heavy atom. The molecule has 5 rings (SSSR count). The van der Waals surface area contributed by atoms with Crippen molar-refractivity contribution in [1.29, 1.82) is 0 Å². The van der Waals surface area contributed by atoms with Gasteiger partial charge in [0.25, 0.3) is 5.69 Å². The minimum absolute atomic E-state index is 0.00189. The number of ether oxygens (including phenoxy) is 2. The van der Waals surface area contributed by atoms with Gasteiger partial charge in [-0.2, -0.15) is 0 Å². The van der Waals surface area contributed by atoms with Gasteiger partial charge in [-0.15, -0.1) is 11.3 Å². The van der Waals surface area contributed by atoms with Gasteiger partial charge in [-0.1, -0.05) is 6.07 Å². The highest BCUT2D eigenvalue weighted by molar-refractivity contribution is 7.09. The van der Waals surface area contributed by atoms with Crippen molar-refractivity contribution >= 4 is 28.9 Å². The standard InChI is InChI=1S/C23H18N2O5S/c26-22-18-7-8-20-19(13-24(14-29-20)10-9-17-2-1-11-31-17)23(18)30-21(22)12-15-3-5-16(6-4-15)25(27)28/h1-8,11-12H,9-10,13-14H2/b21-12-. The molecular weight excluding hydrogens is 416 g/mol. The molecule has 2 aliphatic heterocycles. The van der Waals surface area contributed by atoms with Crippen LogP contribution in [0.15, 0.2) is 59.7 Å². The molecule has 2 aromatic carbocycles. The maximum atomic E-state index is 12.9. The molecule has 0 spiro atoms. The lowest BCUT2D eigenvalue weighted by Crippen LogP contribution is -2.33. The van der Waals surface area contributed by atoms with E-state index in [1.54, 1.807) is 35.6 Å². The maximum Gasteiger partial charge on any atom is 0.269 e. The Morgan fingerprint density at radius 3 is 2.74 bits per heavy atom. The van der Waals surface area contributed by atoms with Gasteiger partial charge in [0.2, 0.25) is 5.78 Å². The zero-order chi connectivity index (χ0) is 21.4. The number of carbonyl (C=O) groups is 1. The Morgan fingerprint density at radius 1 is 1.16 bits per heavy atom. The molecule has 8 heteroatoms. The van der Waals surface area contributed by atoms with Gasteiger partial charge in [-0.05, 0) is 53.8 Å². The summed E-state index contributed by atoms with van der Waals surface area (Å²) in [5, 5.41) is 12.9. The summed E-state index contributed by atoms with van der Waals surface area (Å²) in [5.74, 6) is 1.27. The third kappa shape index (κ3) is 3.83. The number of thiophene rings is 1. The van der Waals surface area contributed by atoms with Crippen molar-refractivity contribution in [3.8, 4) is 11.5 Å². The van der Waals surface area contributed by atoms with Crippen molar-refractivity contribution in [2.75, 3.05) is 13.3 Å². The molecule has 1 aromatic heterocycles. The zero-order valence-electron chi connectivity index (χ0n) is 16.4. The van der Waals surface area contributed by atoms with Crippen molar-refractivity contribution in [1.82, 2.24) is 4.90 Å². The summed E-state index contributed by atoms with van der Waals surface area (Å²) in [6, 6.07) is 13.7. The van der Waals surface area contributed by atoms with E-state index < -0.39 is 4.92 Å². The van der Waals surface area contributed by atoms with Crippen LogP contribution in [0.25, 0.3) is 6.08 Å². The molecule has 0 bridgehead atoms. The lowest BCUT2D eigenvalue weighted by Gasteiger charge is -2.29. The summed E-state index contributed by atoms with van der Waals surface area (Å²) in [4.78, 5) is 26.8. The molecule has 0 unspecified atom stereocenters. The monoisotopic (exact) mass is 434 g/mol. The summed E-state index contributed by atoms with van der Waals surface area (Å²) < 4.78 is 11.9. The van der Waals surface area contributed by atoms with E-state index in [9.17, 15) is 14.9 Å². The number of nitro benzene ring substituents is 1. The molecule has 0 saturated heterocycles. The molecule has 0 radical (unpaired) electrons. The molecule has 0 aliphatic carbocycles. The molecular formula is C23H18N2O5S. The summed E-state index contributed by atoms with van der Waals surface area (Å²) in [7, 11) is 0. The van der Waals surface area contributed by atoms with E-state index in [0.717, 1.165) is 24.3 Å². The second-order valence-electron chi connectivity index (χ2n) is 7.36. The fourth-order valence-electron chi connectivity index (χ4n) is 3.71. The Bertz CT molecular complexity index is 1190. The summed E-state index contributed by atoms with van der Waals surface area (Å²) >= 11 is 1.74. The van der Waals surface area contributed by atoms with Crippen LogP contribution in [-0.4, -0.2) is 28.9 Å². The highest BCUT2D eigenvalue weighted by Crippen LogP contribution is 2.42. The highest BCUT2D eigenvalue weighted by atomic mass is 32.1. The van der Waals surface area contributed by atoms with E-state index in [2.05, 4.69) is 16.3 Å². The smallest absolute Gasteiger partial charge is 0.269 e. The van der Waals surface area contributed by atoms with Crippen molar-refractivity contribution in [3.63, 3.8) is 0 Å². The first-order chi connectivity index (χ1) is 15.1. The molecule has 0 N–H and O–H groups in total. The molecule has 31 heavy (non-hydrogen) atoms. The van der Waals surface area contributed by atoms with Crippen LogP contribution in [0.3, 0.4) is 0 Å². The van der Waals surface area contributed by atoms with E-state index in [1.807, 2.05) is 12.1 Å². The molecule has 0 saturated carbocycles. The number of carbonyl (C=O) groups excluding carboxylic acids is 1. The third-order valence-corrected chi connectivity index (χ3v) is 6.27. The van der Waals surface area contributed by atoms with E-state index >= 15 is 0 Å². The van der Waals surface area contributed by atoms with Crippen LogP contribution in [0.5, 0.6) is 11.5 Å². The highest BCUT2D eigenvalue weighted by Gasteiger charge is 2.33. The van der Waals surface area contributed by atoms with Crippen molar-refractivity contribution in [2.24, 2.45) is 0 Å². The predicted octanol–water partition coefficient (Wildman–Crippen LogP) is 4.67. The number of nitro groups is 1. The fourth-order valence-corrected chi connectivity index (χ4v) is 4.41. The lowest BCUT2D eigenvalue weighted by molar-refractivity contribution is -0.384. The normalized spacial score (nSPS) is 16.5. The maximum absolute atomic E-state index is 12.9. The van der Waals surface area contributed by atoms with E-state index in [1.165, 1.54) is 17.0 Å². The van der Waals surface area contributed by atoms with Crippen LogP contribution in [0.4, 0.5) is 5.69 Å². The number of allylic oxidation sites excluding steroid dienone is 1. The van der Waals surface area contributed by atoms with Crippen LogP contribution in [0, 0.1) is 10.1 Å². The van der Waals surface area contributed by atoms with Crippen LogP contribution >= 0.6 is 11.3 Å². The van der Waals surface area contributed by atoms with Gasteiger partial charge in [0, 0.05) is 30.1 Å². The van der Waals surface area contributed by atoms with Crippen LogP contribution < -0.4 is 9.47 Å². The molecule has 0 fully saturated rings. The number of Topliss-reactive ketones (excluding diaryl/α,β-unsaturated/α-hetero) is 1. The Kier molecular flexibility index (Phi) is 5.01. The SMILES string of the molecule is O=C1/C(=C/c2ccc([N+](=O)[O-])cc2)Oc2c1ccc1c2CN(CCc2cccs2)CO1. The number of benzene rings is 2. The summed E-state index contributed by atoms with van der Waals surface area (Å²) in [6.07, 6.45) is 2.55. The molecule has 3 aromatic rings. The Labute approximate surface area is 182 Å². The Hall–Kier alpha value is -3.49. The summed E-state index contributed by atoms with van der Waals surface area (Å²) in [5.41, 5.74) is 2.04. The second kappa shape index (κ2) is 7.98. The van der Waals surface area contributed by atoms with Crippen LogP contribution in [-0.2, 0) is 13.0 Å². The van der Waals surface area contributed by atoms with Crippen molar-refractivity contribution < 1.29 is 19.2 Å². The van der Waals surface area contributed by atoms with Gasteiger partial charge in [0.05, 0.1) is 16.1 Å². The van der Waals surface area contributed by atoms with Gasteiger partial charge in [-0.3, -0.25) is 19.8 Å². The van der Waals surface area contributed by atoms with Gasteiger partial charge in [-0.25, -0.2) is 0 Å². The predicted molar refractivity (Wildman–Crippen MR) is 116 cm³/mol. The largest absolute Gasteiger partial charge is 0.478 e. The molecule has 156 valence electrons. The second-order valence-corrected chi connectivity index (χ2v) is 8.39. The first-order valence-corrected chi connectivity index (χ1v) is 10.7. The van der Waals surface area contributed by atoms with Gasteiger partial charge >= 0.3 is 0 Å². The van der Waals surface area contributed by atoms with Crippen molar-refractivity contribution in [3.05, 3.63) is 91.4 Å². The number of ketones is 1. The van der Waals surface area contributed by atoms with E-state index in [-0.39, 0.29) is 17.2 Å². The van der Waals surface area contributed by atoms with Crippen LogP contribution in [0.2, 0.25) is 0 Å².